The lowest BCUT2D eigenvalue weighted by Gasteiger charge is -2.41. The van der Waals surface area contributed by atoms with E-state index in [2.05, 4.69) is 32.7 Å². The monoisotopic (exact) mass is 247 g/mol. The zero-order valence-corrected chi connectivity index (χ0v) is 10.9. The van der Waals surface area contributed by atoms with Crippen LogP contribution in [0.15, 0.2) is 17.3 Å². The molecule has 0 N–H and O–H groups in total. The number of allylic oxidation sites excluding steroid dienone is 1. The maximum atomic E-state index is 12.2. The lowest BCUT2D eigenvalue weighted by Crippen LogP contribution is -2.34. The molecule has 1 rings (SSSR count). The van der Waals surface area contributed by atoms with Gasteiger partial charge in [0.05, 0.1) is 0 Å². The van der Waals surface area contributed by atoms with Crippen LogP contribution in [-0.4, -0.2) is 11.9 Å². The van der Waals surface area contributed by atoms with E-state index in [9.17, 15) is 13.2 Å². The van der Waals surface area contributed by atoms with E-state index < -0.39 is 12.6 Å². The number of hydrogen-bond acceptors (Lipinski definition) is 1. The molecule has 0 bridgehead atoms. The molecule has 0 aromatic heterocycles. The highest BCUT2D eigenvalue weighted by molar-refractivity contribution is 5.86. The molecule has 1 atom stereocenters. The van der Waals surface area contributed by atoms with Crippen molar-refractivity contribution in [1.29, 1.82) is 0 Å². The van der Waals surface area contributed by atoms with Gasteiger partial charge in [-0.25, -0.2) is 0 Å². The minimum absolute atomic E-state index is 0.0134. The minimum atomic E-state index is -4.10. The number of aliphatic imine (C=N–C) groups is 1. The van der Waals surface area contributed by atoms with Gasteiger partial charge in [-0.3, -0.25) is 4.99 Å². The van der Waals surface area contributed by atoms with Gasteiger partial charge in [-0.15, -0.1) is 0 Å². The largest absolute Gasteiger partial charge is 0.389 e. The van der Waals surface area contributed by atoms with Crippen molar-refractivity contribution < 1.29 is 13.2 Å². The topological polar surface area (TPSA) is 12.4 Å². The van der Waals surface area contributed by atoms with E-state index in [1.807, 2.05) is 6.08 Å². The highest BCUT2D eigenvalue weighted by atomic mass is 19.4. The Balaban J connectivity index is 2.68. The molecule has 0 fully saturated rings. The van der Waals surface area contributed by atoms with E-state index in [0.717, 1.165) is 0 Å². The first kappa shape index (κ1) is 14.3. The summed E-state index contributed by atoms with van der Waals surface area (Å²) in [4.78, 5) is 4.08. The Labute approximate surface area is 101 Å². The predicted octanol–water partition coefficient (Wildman–Crippen LogP) is 4.74. The Morgan fingerprint density at radius 1 is 1.29 bits per heavy atom. The maximum Gasteiger partial charge on any atom is 0.389 e. The van der Waals surface area contributed by atoms with E-state index in [-0.39, 0.29) is 17.3 Å². The number of nitrogens with zero attached hydrogens (tertiary/aromatic N) is 1. The standard InChI is InChI=1S/C13H20F3N/c1-11(2,3)12(4)7-8-17-10(9-12)5-6-13(14,15)16/h7-8H,5-6,9H2,1-4H3. The molecule has 0 saturated heterocycles. The van der Waals surface area contributed by atoms with Crippen molar-refractivity contribution in [2.45, 2.75) is 53.1 Å². The van der Waals surface area contributed by atoms with Gasteiger partial charge in [-0.05, 0) is 23.7 Å². The van der Waals surface area contributed by atoms with Gasteiger partial charge in [-0.1, -0.05) is 33.8 Å². The first-order chi connectivity index (χ1) is 7.54. The van der Waals surface area contributed by atoms with E-state index in [4.69, 9.17) is 0 Å². The minimum Gasteiger partial charge on any atom is -0.266 e. The summed E-state index contributed by atoms with van der Waals surface area (Å²) in [6.07, 6.45) is -0.588. The van der Waals surface area contributed by atoms with E-state index in [0.29, 0.717) is 12.1 Å². The summed E-state index contributed by atoms with van der Waals surface area (Å²) in [5.74, 6) is 0. The predicted molar refractivity (Wildman–Crippen MR) is 64.0 cm³/mol. The Morgan fingerprint density at radius 3 is 2.35 bits per heavy atom. The van der Waals surface area contributed by atoms with Crippen molar-refractivity contribution in [3.63, 3.8) is 0 Å². The molecule has 0 radical (unpaired) electrons. The van der Waals surface area contributed by atoms with Gasteiger partial charge >= 0.3 is 6.18 Å². The molecule has 0 aliphatic carbocycles. The summed E-state index contributed by atoms with van der Waals surface area (Å²) in [5.41, 5.74) is 0.556. The van der Waals surface area contributed by atoms with Crippen molar-refractivity contribution >= 4 is 5.71 Å². The first-order valence-corrected chi connectivity index (χ1v) is 5.83. The van der Waals surface area contributed by atoms with Crippen LogP contribution in [0.4, 0.5) is 13.2 Å². The van der Waals surface area contributed by atoms with E-state index in [1.165, 1.54) is 0 Å². The van der Waals surface area contributed by atoms with Crippen LogP contribution in [0.2, 0.25) is 0 Å². The van der Waals surface area contributed by atoms with Crippen LogP contribution in [0, 0.1) is 10.8 Å². The first-order valence-electron chi connectivity index (χ1n) is 5.83. The lowest BCUT2D eigenvalue weighted by atomic mass is 9.64. The Kier molecular flexibility index (Phi) is 3.75. The van der Waals surface area contributed by atoms with Gasteiger partial charge < -0.3 is 0 Å². The van der Waals surface area contributed by atoms with Crippen molar-refractivity contribution in [2.75, 3.05) is 0 Å². The second kappa shape index (κ2) is 4.46. The molecule has 98 valence electrons. The molecule has 1 heterocycles. The SMILES string of the molecule is CC(C)(C)C1(C)C=CN=C(CCC(F)(F)F)C1. The zero-order chi connectivity index (χ0) is 13.3. The van der Waals surface area contributed by atoms with Crippen LogP contribution in [0.5, 0.6) is 0 Å². The molecular formula is C13H20F3N. The highest BCUT2D eigenvalue weighted by Gasteiger charge is 2.38. The molecule has 1 aliphatic heterocycles. The molecule has 0 saturated carbocycles. The van der Waals surface area contributed by atoms with Crippen LogP contribution in [0.3, 0.4) is 0 Å². The van der Waals surface area contributed by atoms with E-state index >= 15 is 0 Å². The summed E-state index contributed by atoms with van der Waals surface area (Å²) >= 11 is 0. The molecule has 0 spiro atoms. The van der Waals surface area contributed by atoms with Crippen LogP contribution >= 0.6 is 0 Å². The van der Waals surface area contributed by atoms with Gasteiger partial charge in [0.25, 0.3) is 0 Å². The average Bonchev–Trinajstić information content (AvgIpc) is 2.12. The summed E-state index contributed by atoms with van der Waals surface area (Å²) in [6.45, 7) is 8.38. The maximum absolute atomic E-state index is 12.2. The van der Waals surface area contributed by atoms with Crippen molar-refractivity contribution in [1.82, 2.24) is 0 Å². The molecule has 0 amide bonds. The highest BCUT2D eigenvalue weighted by Crippen LogP contribution is 2.44. The Hall–Kier alpha value is -0.800. The summed E-state index contributed by atoms with van der Waals surface area (Å²) < 4.78 is 36.5. The molecule has 1 unspecified atom stereocenters. The number of halogens is 3. The molecule has 0 aromatic rings. The second-order valence-corrected chi connectivity index (χ2v) is 5.97. The van der Waals surface area contributed by atoms with Crippen LogP contribution in [0.25, 0.3) is 0 Å². The fraction of sp³-hybridized carbons (Fsp3) is 0.769. The number of rotatable bonds is 2. The van der Waals surface area contributed by atoms with Crippen molar-refractivity contribution in [2.24, 2.45) is 15.8 Å². The molecular weight excluding hydrogens is 227 g/mol. The quantitative estimate of drug-likeness (QED) is 0.668. The van der Waals surface area contributed by atoms with Crippen LogP contribution in [0.1, 0.15) is 47.0 Å². The summed E-state index contributed by atoms with van der Waals surface area (Å²) in [5, 5.41) is 0. The third-order valence-corrected chi connectivity index (χ3v) is 3.68. The zero-order valence-electron chi connectivity index (χ0n) is 10.9. The Bertz CT molecular complexity index is 334. The Morgan fingerprint density at radius 2 is 1.88 bits per heavy atom. The molecule has 0 aromatic carbocycles. The lowest BCUT2D eigenvalue weighted by molar-refractivity contribution is -0.132. The third-order valence-electron chi connectivity index (χ3n) is 3.68. The summed E-state index contributed by atoms with van der Waals surface area (Å²) in [7, 11) is 0. The van der Waals surface area contributed by atoms with Gasteiger partial charge in [0, 0.05) is 18.3 Å². The van der Waals surface area contributed by atoms with Crippen molar-refractivity contribution in [3.8, 4) is 0 Å². The number of alkyl halides is 3. The normalized spacial score (nSPS) is 25.9. The number of hydrogen-bond donors (Lipinski definition) is 0. The molecule has 1 aliphatic rings. The molecule has 4 heteroatoms. The second-order valence-electron chi connectivity index (χ2n) is 5.97. The van der Waals surface area contributed by atoms with Gasteiger partial charge in [0.1, 0.15) is 0 Å². The smallest absolute Gasteiger partial charge is 0.266 e. The van der Waals surface area contributed by atoms with Gasteiger partial charge in [0.15, 0.2) is 0 Å². The van der Waals surface area contributed by atoms with Crippen LogP contribution in [-0.2, 0) is 0 Å². The summed E-state index contributed by atoms with van der Waals surface area (Å²) in [6, 6.07) is 0. The van der Waals surface area contributed by atoms with Gasteiger partial charge in [-0.2, -0.15) is 13.2 Å². The molecule has 17 heavy (non-hydrogen) atoms. The molecule has 1 nitrogen and oxygen atoms in total. The van der Waals surface area contributed by atoms with E-state index in [1.54, 1.807) is 6.20 Å². The fourth-order valence-electron chi connectivity index (χ4n) is 1.79. The van der Waals surface area contributed by atoms with Crippen molar-refractivity contribution in [3.05, 3.63) is 12.3 Å². The van der Waals surface area contributed by atoms with Gasteiger partial charge in [0.2, 0.25) is 0 Å². The average molecular weight is 247 g/mol. The fourth-order valence-corrected chi connectivity index (χ4v) is 1.79. The third kappa shape index (κ3) is 3.86. The van der Waals surface area contributed by atoms with Crippen LogP contribution < -0.4 is 0 Å².